The van der Waals surface area contributed by atoms with Crippen LogP contribution in [0, 0.1) is 5.82 Å². The second kappa shape index (κ2) is 7.23. The maximum atomic E-state index is 14.0. The first-order chi connectivity index (χ1) is 10.5. The van der Waals surface area contributed by atoms with E-state index < -0.39 is 43.3 Å². The topological polar surface area (TPSA) is 121 Å². The Hall–Kier alpha value is -1.72. The molecule has 0 aliphatic carbocycles. The molecule has 23 heavy (non-hydrogen) atoms. The highest BCUT2D eigenvalue weighted by Crippen LogP contribution is 2.22. The Bertz CT molecular complexity index is 792. The zero-order valence-electron chi connectivity index (χ0n) is 12.5. The maximum absolute atomic E-state index is 14.0. The summed E-state index contributed by atoms with van der Waals surface area (Å²) in [5, 5.41) is 8.61. The predicted octanol–water partition coefficient (Wildman–Crippen LogP) is 0.682. The summed E-state index contributed by atoms with van der Waals surface area (Å²) in [7, 11) is -6.97. The van der Waals surface area contributed by atoms with E-state index >= 15 is 0 Å². The number of halogens is 1. The molecule has 0 aliphatic heterocycles. The number of nitrogens with zero attached hydrogens (tertiary/aromatic N) is 1. The van der Waals surface area contributed by atoms with Gasteiger partial charge >= 0.3 is 5.97 Å². The minimum atomic E-state index is -4.34. The molecule has 0 unspecified atom stereocenters. The number of anilines is 1. The lowest BCUT2D eigenvalue weighted by atomic mass is 10.3. The summed E-state index contributed by atoms with van der Waals surface area (Å²) >= 11 is 0. The Morgan fingerprint density at radius 1 is 1.30 bits per heavy atom. The Labute approximate surface area is 134 Å². The molecule has 0 bridgehead atoms. The molecule has 130 valence electrons. The first kappa shape index (κ1) is 19.3. The van der Waals surface area contributed by atoms with E-state index in [1.807, 2.05) is 0 Å². The van der Waals surface area contributed by atoms with Crippen molar-refractivity contribution >= 4 is 31.7 Å². The van der Waals surface area contributed by atoms with Crippen LogP contribution in [0.2, 0.25) is 0 Å². The van der Waals surface area contributed by atoms with Crippen LogP contribution in [-0.4, -0.2) is 51.6 Å². The van der Waals surface area contributed by atoms with Gasteiger partial charge in [0.1, 0.15) is 17.3 Å². The van der Waals surface area contributed by atoms with E-state index in [1.165, 1.54) is 0 Å². The molecule has 0 atom stereocenters. The summed E-state index contributed by atoms with van der Waals surface area (Å²) in [6, 6.07) is 2.71. The summed E-state index contributed by atoms with van der Waals surface area (Å²) in [6.07, 6.45) is 0.365. The number of carbonyl (C=O) groups is 1. The largest absolute Gasteiger partial charge is 0.480 e. The monoisotopic (exact) mass is 368 g/mol. The van der Waals surface area contributed by atoms with E-state index in [-0.39, 0.29) is 11.4 Å². The Kier molecular flexibility index (Phi) is 6.08. The van der Waals surface area contributed by atoms with Crippen LogP contribution in [0.25, 0.3) is 0 Å². The molecule has 0 aromatic heterocycles. The van der Waals surface area contributed by atoms with Gasteiger partial charge in [0.2, 0.25) is 20.0 Å². The first-order valence-corrected chi connectivity index (χ1v) is 9.57. The van der Waals surface area contributed by atoms with Gasteiger partial charge < -0.3 is 5.11 Å². The van der Waals surface area contributed by atoms with E-state index in [9.17, 15) is 26.0 Å². The van der Waals surface area contributed by atoms with Crippen LogP contribution >= 0.6 is 0 Å². The Morgan fingerprint density at radius 2 is 1.91 bits per heavy atom. The molecule has 0 amide bonds. The third-order valence-corrected chi connectivity index (χ3v) is 6.05. The number of nitrogens with one attached hydrogen (secondary N) is 1. The minimum absolute atomic E-state index is 0.115. The molecule has 0 heterocycles. The number of aliphatic carboxylic acids is 1. The van der Waals surface area contributed by atoms with Gasteiger partial charge in [0, 0.05) is 7.05 Å². The van der Waals surface area contributed by atoms with Gasteiger partial charge in [0.25, 0.3) is 0 Å². The van der Waals surface area contributed by atoms with Crippen molar-refractivity contribution in [2.75, 3.05) is 24.1 Å². The predicted molar refractivity (Wildman–Crippen MR) is 81.6 cm³/mol. The van der Waals surface area contributed by atoms with E-state index in [0.717, 1.165) is 25.2 Å². The fourth-order valence-electron chi connectivity index (χ4n) is 1.72. The van der Waals surface area contributed by atoms with E-state index in [2.05, 4.69) is 4.72 Å². The highest BCUT2D eigenvalue weighted by Gasteiger charge is 2.26. The van der Waals surface area contributed by atoms with Gasteiger partial charge in [0.05, 0.1) is 11.4 Å². The average molecular weight is 368 g/mol. The smallest absolute Gasteiger partial charge is 0.318 e. The molecule has 0 saturated carbocycles. The molecule has 8 nitrogen and oxygen atoms in total. The molecular formula is C12H17FN2O6S2. The second-order valence-corrected chi connectivity index (χ2v) is 8.58. The molecule has 0 saturated heterocycles. The zero-order valence-corrected chi connectivity index (χ0v) is 14.1. The number of carboxylic acids is 1. The Morgan fingerprint density at radius 3 is 2.39 bits per heavy atom. The van der Waals surface area contributed by atoms with Crippen LogP contribution in [-0.2, 0) is 24.8 Å². The summed E-state index contributed by atoms with van der Waals surface area (Å²) in [5.41, 5.74) is -0.115. The van der Waals surface area contributed by atoms with Crippen LogP contribution < -0.4 is 4.72 Å². The normalized spacial score (nSPS) is 12.3. The molecule has 0 radical (unpaired) electrons. The zero-order chi connectivity index (χ0) is 17.8. The van der Waals surface area contributed by atoms with Gasteiger partial charge in [-0.3, -0.25) is 9.52 Å². The van der Waals surface area contributed by atoms with Crippen LogP contribution in [0.15, 0.2) is 23.1 Å². The average Bonchev–Trinajstić information content (AvgIpc) is 2.36. The van der Waals surface area contributed by atoms with E-state index in [4.69, 9.17) is 5.11 Å². The summed E-state index contributed by atoms with van der Waals surface area (Å²) in [6.45, 7) is 0.834. The number of benzene rings is 1. The highest BCUT2D eigenvalue weighted by atomic mass is 32.2. The third-order valence-electron chi connectivity index (χ3n) is 2.72. The molecule has 0 spiro atoms. The van der Waals surface area contributed by atoms with Gasteiger partial charge in [-0.1, -0.05) is 6.92 Å². The lowest BCUT2D eigenvalue weighted by molar-refractivity contribution is -0.137. The molecular weight excluding hydrogens is 351 g/mol. The molecule has 2 N–H and O–H groups in total. The van der Waals surface area contributed by atoms with Crippen molar-refractivity contribution in [1.29, 1.82) is 0 Å². The third kappa shape index (κ3) is 5.15. The number of hydrogen-bond acceptors (Lipinski definition) is 5. The summed E-state index contributed by atoms with van der Waals surface area (Å²) in [4.78, 5) is 9.83. The fraction of sp³-hybridized carbons (Fsp3) is 0.417. The van der Waals surface area contributed by atoms with Crippen molar-refractivity contribution in [3.8, 4) is 0 Å². The van der Waals surface area contributed by atoms with Crippen molar-refractivity contribution < 1.29 is 31.1 Å². The fourth-order valence-corrected chi connectivity index (χ4v) is 4.00. The molecule has 11 heteroatoms. The standard InChI is InChI=1S/C12H17FN2O6S2/c1-3-6-22(18,19)14-9-4-5-11(10(13)7-9)23(20,21)15(2)8-12(16)17/h4-5,7,14H,3,6,8H2,1-2H3,(H,16,17). The van der Waals surface area contributed by atoms with Gasteiger partial charge in [-0.15, -0.1) is 0 Å². The molecule has 1 aromatic rings. The molecule has 0 aliphatic rings. The van der Waals surface area contributed by atoms with Crippen molar-refractivity contribution in [3.05, 3.63) is 24.0 Å². The van der Waals surface area contributed by atoms with E-state index in [1.54, 1.807) is 6.92 Å². The number of likely N-dealkylation sites (N-methyl/N-ethyl adjacent to an activating group) is 1. The molecule has 0 fully saturated rings. The van der Waals surface area contributed by atoms with Crippen molar-refractivity contribution in [3.63, 3.8) is 0 Å². The van der Waals surface area contributed by atoms with Gasteiger partial charge in [-0.2, -0.15) is 4.31 Å². The first-order valence-electron chi connectivity index (χ1n) is 6.48. The van der Waals surface area contributed by atoms with E-state index in [0.29, 0.717) is 10.7 Å². The van der Waals surface area contributed by atoms with Crippen LogP contribution in [0.5, 0.6) is 0 Å². The quantitative estimate of drug-likeness (QED) is 0.696. The summed E-state index contributed by atoms with van der Waals surface area (Å²) < 4.78 is 64.0. The van der Waals surface area contributed by atoms with Gasteiger partial charge in [-0.25, -0.2) is 21.2 Å². The van der Waals surface area contributed by atoms with Gasteiger partial charge in [0.15, 0.2) is 0 Å². The van der Waals surface area contributed by atoms with Crippen LogP contribution in [0.1, 0.15) is 13.3 Å². The number of carboxylic acid groups (broad SMARTS) is 1. The Balaban J connectivity index is 3.12. The molecule has 1 rings (SSSR count). The SMILES string of the molecule is CCCS(=O)(=O)Nc1ccc(S(=O)(=O)N(C)CC(=O)O)c(F)c1. The maximum Gasteiger partial charge on any atom is 0.318 e. The van der Waals surface area contributed by atoms with Crippen LogP contribution in [0.3, 0.4) is 0 Å². The van der Waals surface area contributed by atoms with Gasteiger partial charge in [-0.05, 0) is 24.6 Å². The lowest BCUT2D eigenvalue weighted by Crippen LogP contribution is -2.32. The van der Waals surface area contributed by atoms with Crippen molar-refractivity contribution in [2.24, 2.45) is 0 Å². The second-order valence-electron chi connectivity index (χ2n) is 4.72. The number of rotatable bonds is 8. The highest BCUT2D eigenvalue weighted by molar-refractivity contribution is 7.92. The lowest BCUT2D eigenvalue weighted by Gasteiger charge is -2.16. The minimum Gasteiger partial charge on any atom is -0.480 e. The van der Waals surface area contributed by atoms with Crippen LogP contribution in [0.4, 0.5) is 10.1 Å². The summed E-state index contributed by atoms with van der Waals surface area (Å²) in [5.74, 6) is -2.73. The van der Waals surface area contributed by atoms with Crippen molar-refractivity contribution in [2.45, 2.75) is 18.2 Å². The number of sulfonamides is 2. The van der Waals surface area contributed by atoms with Crippen molar-refractivity contribution in [1.82, 2.24) is 4.31 Å². The molecule has 1 aromatic carbocycles. The number of hydrogen-bond donors (Lipinski definition) is 2.